The van der Waals surface area contributed by atoms with Gasteiger partial charge in [0.25, 0.3) is 0 Å². The van der Waals surface area contributed by atoms with Crippen molar-refractivity contribution in [3.05, 3.63) is 0 Å². The molecular weight excluding hydrogens is 154 g/mol. The Kier molecular flexibility index (Phi) is 3.49. The van der Waals surface area contributed by atoms with Crippen LogP contribution in [0.4, 0.5) is 0 Å². The van der Waals surface area contributed by atoms with E-state index in [0.717, 1.165) is 13.0 Å². The lowest BCUT2D eigenvalue weighted by Crippen LogP contribution is -2.41. The van der Waals surface area contributed by atoms with E-state index in [1.54, 1.807) is 7.05 Å². The quantitative estimate of drug-likeness (QED) is 0.582. The van der Waals surface area contributed by atoms with Crippen molar-refractivity contribution in [3.8, 4) is 0 Å². The fourth-order valence-electron chi connectivity index (χ4n) is 1.63. The van der Waals surface area contributed by atoms with Crippen LogP contribution in [0.3, 0.4) is 0 Å². The molecule has 1 aliphatic heterocycles. The van der Waals surface area contributed by atoms with E-state index in [4.69, 9.17) is 5.73 Å². The minimum Gasteiger partial charge on any atom is -0.358 e. The van der Waals surface area contributed by atoms with Gasteiger partial charge >= 0.3 is 0 Å². The molecule has 0 radical (unpaired) electrons. The highest BCUT2D eigenvalue weighted by atomic mass is 16.1. The number of nitrogens with two attached hydrogens (primary N) is 1. The Morgan fingerprint density at radius 1 is 1.75 bits per heavy atom. The largest absolute Gasteiger partial charge is 0.358 e. The standard InChI is InChI=1S/C8H17N3O/c1-10-8(12)6-11-4-2-3-7(11)5-9/h7H,2-6,9H2,1H3,(H,10,12). The van der Waals surface area contributed by atoms with E-state index < -0.39 is 0 Å². The zero-order valence-corrected chi connectivity index (χ0v) is 7.55. The van der Waals surface area contributed by atoms with Gasteiger partial charge in [-0.05, 0) is 19.4 Å². The van der Waals surface area contributed by atoms with Gasteiger partial charge in [-0.2, -0.15) is 0 Å². The Bertz CT molecular complexity index is 160. The van der Waals surface area contributed by atoms with Gasteiger partial charge in [-0.3, -0.25) is 9.69 Å². The number of nitrogens with zero attached hydrogens (tertiary/aromatic N) is 1. The molecule has 4 nitrogen and oxygen atoms in total. The predicted octanol–water partition coefficient (Wildman–Crippen LogP) is -0.844. The molecule has 0 aliphatic carbocycles. The van der Waals surface area contributed by atoms with Crippen molar-refractivity contribution in [1.29, 1.82) is 0 Å². The molecule has 0 saturated carbocycles. The third kappa shape index (κ3) is 2.19. The second-order valence-electron chi connectivity index (χ2n) is 3.18. The first kappa shape index (κ1) is 9.48. The highest BCUT2D eigenvalue weighted by Crippen LogP contribution is 2.14. The maximum absolute atomic E-state index is 11.0. The number of rotatable bonds is 3. The summed E-state index contributed by atoms with van der Waals surface area (Å²) in [6.45, 7) is 2.17. The van der Waals surface area contributed by atoms with Crippen LogP contribution in [0.15, 0.2) is 0 Å². The number of likely N-dealkylation sites (N-methyl/N-ethyl adjacent to an activating group) is 1. The summed E-state index contributed by atoms with van der Waals surface area (Å²) in [5.74, 6) is 0.0790. The lowest BCUT2D eigenvalue weighted by atomic mass is 10.2. The molecule has 1 saturated heterocycles. The fraction of sp³-hybridized carbons (Fsp3) is 0.875. The van der Waals surface area contributed by atoms with Gasteiger partial charge in [-0.1, -0.05) is 0 Å². The van der Waals surface area contributed by atoms with Crippen LogP contribution >= 0.6 is 0 Å². The van der Waals surface area contributed by atoms with Crippen LogP contribution in [-0.4, -0.2) is 43.5 Å². The van der Waals surface area contributed by atoms with Crippen molar-refractivity contribution < 1.29 is 4.79 Å². The Morgan fingerprint density at radius 3 is 3.08 bits per heavy atom. The van der Waals surface area contributed by atoms with Gasteiger partial charge in [0.05, 0.1) is 6.54 Å². The molecule has 1 amide bonds. The average Bonchev–Trinajstić information content (AvgIpc) is 2.51. The van der Waals surface area contributed by atoms with Crippen molar-refractivity contribution >= 4 is 5.91 Å². The Balaban J connectivity index is 2.35. The van der Waals surface area contributed by atoms with Crippen molar-refractivity contribution in [2.24, 2.45) is 5.73 Å². The third-order valence-corrected chi connectivity index (χ3v) is 2.40. The highest BCUT2D eigenvalue weighted by Gasteiger charge is 2.24. The maximum Gasteiger partial charge on any atom is 0.233 e. The van der Waals surface area contributed by atoms with Crippen molar-refractivity contribution in [3.63, 3.8) is 0 Å². The molecule has 0 aromatic heterocycles. The molecule has 0 aromatic carbocycles. The summed E-state index contributed by atoms with van der Waals surface area (Å²) in [6.07, 6.45) is 2.30. The molecular formula is C8H17N3O. The summed E-state index contributed by atoms with van der Waals surface area (Å²) in [5.41, 5.74) is 5.57. The molecule has 0 spiro atoms. The van der Waals surface area contributed by atoms with Crippen LogP contribution in [0.1, 0.15) is 12.8 Å². The number of carbonyl (C=O) groups excluding carboxylic acids is 1. The molecule has 1 rings (SSSR count). The van der Waals surface area contributed by atoms with Gasteiger partial charge in [0, 0.05) is 19.6 Å². The van der Waals surface area contributed by atoms with Crippen LogP contribution in [0.25, 0.3) is 0 Å². The molecule has 1 heterocycles. The first-order chi connectivity index (χ1) is 5.77. The summed E-state index contributed by atoms with van der Waals surface area (Å²) in [6, 6.07) is 0.419. The molecule has 70 valence electrons. The zero-order chi connectivity index (χ0) is 8.97. The number of likely N-dealkylation sites (tertiary alicyclic amines) is 1. The average molecular weight is 171 g/mol. The van der Waals surface area contributed by atoms with Crippen LogP contribution in [0.2, 0.25) is 0 Å². The van der Waals surface area contributed by atoms with Gasteiger partial charge in [0.2, 0.25) is 5.91 Å². The molecule has 1 fully saturated rings. The molecule has 0 aromatic rings. The minimum absolute atomic E-state index is 0.0790. The van der Waals surface area contributed by atoms with E-state index in [2.05, 4.69) is 10.2 Å². The zero-order valence-electron chi connectivity index (χ0n) is 7.55. The van der Waals surface area contributed by atoms with E-state index in [1.165, 1.54) is 6.42 Å². The minimum atomic E-state index is 0.0790. The van der Waals surface area contributed by atoms with Gasteiger partial charge in [0.1, 0.15) is 0 Å². The van der Waals surface area contributed by atoms with Crippen molar-refractivity contribution in [2.45, 2.75) is 18.9 Å². The number of carbonyl (C=O) groups is 1. The monoisotopic (exact) mass is 171 g/mol. The first-order valence-electron chi connectivity index (χ1n) is 4.42. The number of amides is 1. The van der Waals surface area contributed by atoms with E-state index in [9.17, 15) is 4.79 Å². The van der Waals surface area contributed by atoms with E-state index in [0.29, 0.717) is 19.1 Å². The molecule has 1 aliphatic rings. The van der Waals surface area contributed by atoms with E-state index in [-0.39, 0.29) is 5.91 Å². The molecule has 1 atom stereocenters. The second kappa shape index (κ2) is 4.42. The molecule has 4 heteroatoms. The topological polar surface area (TPSA) is 58.4 Å². The van der Waals surface area contributed by atoms with Gasteiger partial charge < -0.3 is 11.1 Å². The van der Waals surface area contributed by atoms with Gasteiger partial charge in [-0.25, -0.2) is 0 Å². The molecule has 1 unspecified atom stereocenters. The molecule has 3 N–H and O–H groups in total. The first-order valence-corrected chi connectivity index (χ1v) is 4.42. The van der Waals surface area contributed by atoms with Gasteiger partial charge in [0.15, 0.2) is 0 Å². The van der Waals surface area contributed by atoms with E-state index in [1.807, 2.05) is 0 Å². The lowest BCUT2D eigenvalue weighted by Gasteiger charge is -2.21. The fourth-order valence-corrected chi connectivity index (χ4v) is 1.63. The second-order valence-corrected chi connectivity index (χ2v) is 3.18. The van der Waals surface area contributed by atoms with Crippen molar-refractivity contribution in [2.75, 3.05) is 26.7 Å². The van der Waals surface area contributed by atoms with Crippen LogP contribution in [0.5, 0.6) is 0 Å². The molecule has 0 bridgehead atoms. The highest BCUT2D eigenvalue weighted by molar-refractivity contribution is 5.77. The smallest absolute Gasteiger partial charge is 0.233 e. The van der Waals surface area contributed by atoms with E-state index >= 15 is 0 Å². The summed E-state index contributed by atoms with van der Waals surface area (Å²) in [5, 5.41) is 2.62. The summed E-state index contributed by atoms with van der Waals surface area (Å²) in [4.78, 5) is 13.2. The van der Waals surface area contributed by atoms with Crippen molar-refractivity contribution in [1.82, 2.24) is 10.2 Å². The lowest BCUT2D eigenvalue weighted by molar-refractivity contribution is -0.121. The number of nitrogens with one attached hydrogen (secondary N) is 1. The SMILES string of the molecule is CNC(=O)CN1CCCC1CN. The molecule has 12 heavy (non-hydrogen) atoms. The normalized spacial score (nSPS) is 24.3. The van der Waals surface area contributed by atoms with Crippen LogP contribution < -0.4 is 11.1 Å². The summed E-state index contributed by atoms with van der Waals surface area (Å²) < 4.78 is 0. The number of hydrogen-bond donors (Lipinski definition) is 2. The summed E-state index contributed by atoms with van der Waals surface area (Å²) in [7, 11) is 1.66. The van der Waals surface area contributed by atoms with Crippen LogP contribution in [0, 0.1) is 0 Å². The van der Waals surface area contributed by atoms with Crippen LogP contribution in [-0.2, 0) is 4.79 Å². The number of hydrogen-bond acceptors (Lipinski definition) is 3. The Hall–Kier alpha value is -0.610. The maximum atomic E-state index is 11.0. The Labute approximate surface area is 73.1 Å². The summed E-state index contributed by atoms with van der Waals surface area (Å²) >= 11 is 0. The predicted molar refractivity (Wildman–Crippen MR) is 47.7 cm³/mol. The van der Waals surface area contributed by atoms with Gasteiger partial charge in [-0.15, -0.1) is 0 Å². The third-order valence-electron chi connectivity index (χ3n) is 2.40. The Morgan fingerprint density at radius 2 is 2.50 bits per heavy atom.